The Labute approximate surface area is 154 Å². The molecule has 0 spiro atoms. The van der Waals surface area contributed by atoms with Gasteiger partial charge >= 0.3 is 6.09 Å². The molecule has 1 heterocycles. The van der Waals surface area contributed by atoms with Crippen molar-refractivity contribution >= 4 is 19.4 Å². The molecule has 2 atom stereocenters. The predicted molar refractivity (Wildman–Crippen MR) is 104 cm³/mol. The highest BCUT2D eigenvalue weighted by Gasteiger charge is 2.42. The summed E-state index contributed by atoms with van der Waals surface area (Å²) in [6.45, 7) is 6.37. The van der Waals surface area contributed by atoms with Gasteiger partial charge in [0.05, 0.1) is 6.04 Å². The summed E-state index contributed by atoms with van der Waals surface area (Å²) in [5.41, 5.74) is 2.28. The number of carbonyl (C=O) groups excluding carboxylic acids is 1. The summed E-state index contributed by atoms with van der Waals surface area (Å²) in [6.07, 6.45) is 2.52. The Morgan fingerprint density at radius 1 is 1.27 bits per heavy atom. The van der Waals surface area contributed by atoms with Crippen molar-refractivity contribution in [2.24, 2.45) is 0 Å². The van der Waals surface area contributed by atoms with Crippen LogP contribution in [0.15, 0.2) is 61.2 Å². The summed E-state index contributed by atoms with van der Waals surface area (Å²) in [4.78, 5) is 14.5. The summed E-state index contributed by atoms with van der Waals surface area (Å²) in [6, 6.07) is 14.3. The molecule has 1 amide bonds. The van der Waals surface area contributed by atoms with E-state index in [0.717, 1.165) is 11.1 Å². The van der Waals surface area contributed by atoms with Crippen LogP contribution in [0.3, 0.4) is 0 Å². The lowest BCUT2D eigenvalue weighted by atomic mass is 9.85. The van der Waals surface area contributed by atoms with Gasteiger partial charge in [-0.25, -0.2) is 9.18 Å². The molecule has 2 aromatic carbocycles. The molecule has 0 saturated carbocycles. The fraction of sp³-hybridized carbons (Fsp3) is 0.286. The predicted octanol–water partition coefficient (Wildman–Crippen LogP) is 3.46. The van der Waals surface area contributed by atoms with Crippen LogP contribution >= 0.6 is 0 Å². The smallest absolute Gasteiger partial charge is 0.411 e. The number of halogens is 1. The van der Waals surface area contributed by atoms with E-state index in [1.54, 1.807) is 23.1 Å². The molecule has 3 nitrogen and oxygen atoms in total. The monoisotopic (exact) mass is 351 g/mol. The molecule has 5 heteroatoms. The first-order chi connectivity index (χ1) is 12.4. The molecule has 0 aromatic heterocycles. The van der Waals surface area contributed by atoms with E-state index < -0.39 is 5.60 Å². The van der Waals surface area contributed by atoms with Gasteiger partial charge in [0.2, 0.25) is 0 Å². The Morgan fingerprint density at radius 3 is 2.50 bits per heavy atom. The largest absolute Gasteiger partial charge is 0.437 e. The fourth-order valence-electron chi connectivity index (χ4n) is 3.50. The van der Waals surface area contributed by atoms with Crippen LogP contribution in [0, 0.1) is 5.82 Å². The van der Waals surface area contributed by atoms with E-state index in [4.69, 9.17) is 4.74 Å². The van der Waals surface area contributed by atoms with Crippen LogP contribution in [0.25, 0.3) is 0 Å². The summed E-state index contributed by atoms with van der Waals surface area (Å²) >= 11 is 0. The number of nitrogens with zero attached hydrogens (tertiary/aromatic N) is 1. The molecule has 0 aliphatic carbocycles. The second kappa shape index (κ2) is 7.36. The van der Waals surface area contributed by atoms with Crippen molar-refractivity contribution in [1.29, 1.82) is 0 Å². The average Bonchev–Trinajstić information content (AvgIpc) is 2.63. The first-order valence-electron chi connectivity index (χ1n) is 8.88. The average molecular weight is 351 g/mol. The van der Waals surface area contributed by atoms with E-state index in [-0.39, 0.29) is 18.0 Å². The SMILES string of the molecule is Bc1ccc([C@H](C)N2CC[C@@](CC=C)(c3ccc(F)cc3)OC2=O)cc1. The van der Waals surface area contributed by atoms with Gasteiger partial charge in [-0.15, -0.1) is 6.58 Å². The second-order valence-corrected chi connectivity index (χ2v) is 6.89. The molecule has 1 saturated heterocycles. The number of hydrogen-bond donors (Lipinski definition) is 0. The van der Waals surface area contributed by atoms with Crippen molar-refractivity contribution in [3.63, 3.8) is 0 Å². The van der Waals surface area contributed by atoms with Crippen LogP contribution in [0.5, 0.6) is 0 Å². The zero-order valence-electron chi connectivity index (χ0n) is 15.2. The van der Waals surface area contributed by atoms with Gasteiger partial charge < -0.3 is 9.64 Å². The van der Waals surface area contributed by atoms with Crippen LogP contribution in [-0.2, 0) is 10.3 Å². The number of hydrogen-bond acceptors (Lipinski definition) is 2. The highest BCUT2D eigenvalue weighted by atomic mass is 19.1. The van der Waals surface area contributed by atoms with Crippen molar-refractivity contribution in [2.75, 3.05) is 6.54 Å². The maximum atomic E-state index is 13.3. The van der Waals surface area contributed by atoms with Gasteiger partial charge in [0.25, 0.3) is 0 Å². The standard InChI is InChI=1S/C21H23BFNO2/c1-3-12-21(17-6-10-19(23)11-7-17)13-14-24(20(25)26-21)15(2)16-4-8-18(22)9-5-16/h3-11,15H,1,12-14,22H2,2H3/t15-,21-/m0/s1. The highest BCUT2D eigenvalue weighted by molar-refractivity contribution is 6.32. The molecule has 1 aliphatic heterocycles. The summed E-state index contributed by atoms with van der Waals surface area (Å²) in [7, 11) is 2.04. The Morgan fingerprint density at radius 2 is 1.92 bits per heavy atom. The van der Waals surface area contributed by atoms with Gasteiger partial charge in [-0.05, 0) is 30.2 Å². The number of amides is 1. The minimum Gasteiger partial charge on any atom is -0.437 e. The van der Waals surface area contributed by atoms with E-state index in [1.165, 1.54) is 17.6 Å². The molecular formula is C21H23BFNO2. The number of carbonyl (C=O) groups is 1. The molecule has 3 rings (SSSR count). The Balaban J connectivity index is 1.83. The van der Waals surface area contributed by atoms with Gasteiger partial charge in [-0.3, -0.25) is 0 Å². The molecule has 1 aliphatic rings. The maximum absolute atomic E-state index is 13.3. The lowest BCUT2D eigenvalue weighted by Crippen LogP contribution is -2.48. The number of benzene rings is 2. The minimum absolute atomic E-state index is 0.0713. The summed E-state index contributed by atoms with van der Waals surface area (Å²) < 4.78 is 19.2. The first kappa shape index (κ1) is 18.2. The number of ether oxygens (including phenoxy) is 1. The normalized spacial score (nSPS) is 21.2. The van der Waals surface area contributed by atoms with E-state index in [0.29, 0.717) is 19.4 Å². The van der Waals surface area contributed by atoms with Gasteiger partial charge in [-0.1, -0.05) is 47.9 Å². The molecular weight excluding hydrogens is 328 g/mol. The zero-order chi connectivity index (χ0) is 18.7. The van der Waals surface area contributed by atoms with Crippen molar-refractivity contribution in [3.8, 4) is 0 Å². The third-order valence-electron chi connectivity index (χ3n) is 5.15. The van der Waals surface area contributed by atoms with Crippen molar-refractivity contribution in [3.05, 3.63) is 78.1 Å². The number of rotatable bonds is 5. The quantitative estimate of drug-likeness (QED) is 0.610. The summed E-state index contributed by atoms with van der Waals surface area (Å²) in [5, 5.41) is 0. The van der Waals surface area contributed by atoms with Crippen LogP contribution in [0.4, 0.5) is 9.18 Å². The fourth-order valence-corrected chi connectivity index (χ4v) is 3.50. The molecule has 0 N–H and O–H groups in total. The topological polar surface area (TPSA) is 29.5 Å². The lowest BCUT2D eigenvalue weighted by molar-refractivity contribution is -0.0588. The Kier molecular flexibility index (Phi) is 5.17. The van der Waals surface area contributed by atoms with Gasteiger partial charge in [0, 0.05) is 19.4 Å². The van der Waals surface area contributed by atoms with E-state index >= 15 is 0 Å². The van der Waals surface area contributed by atoms with E-state index in [1.807, 2.05) is 39.0 Å². The molecule has 0 unspecified atom stereocenters. The van der Waals surface area contributed by atoms with Crippen molar-refractivity contribution < 1.29 is 13.9 Å². The molecule has 1 fully saturated rings. The Bertz CT molecular complexity index is 791. The van der Waals surface area contributed by atoms with Gasteiger partial charge in [-0.2, -0.15) is 0 Å². The third-order valence-corrected chi connectivity index (χ3v) is 5.15. The highest BCUT2D eigenvalue weighted by Crippen LogP contribution is 2.39. The van der Waals surface area contributed by atoms with Crippen LogP contribution in [0.2, 0.25) is 0 Å². The molecule has 134 valence electrons. The van der Waals surface area contributed by atoms with E-state index in [2.05, 4.69) is 6.58 Å². The molecule has 0 bridgehead atoms. The van der Waals surface area contributed by atoms with Crippen LogP contribution < -0.4 is 5.46 Å². The van der Waals surface area contributed by atoms with Gasteiger partial charge in [0.1, 0.15) is 19.3 Å². The first-order valence-corrected chi connectivity index (χ1v) is 8.88. The number of cyclic esters (lactones) is 1. The van der Waals surface area contributed by atoms with Gasteiger partial charge in [0.15, 0.2) is 0 Å². The zero-order valence-corrected chi connectivity index (χ0v) is 15.2. The lowest BCUT2D eigenvalue weighted by Gasteiger charge is -2.43. The maximum Gasteiger partial charge on any atom is 0.411 e. The third kappa shape index (κ3) is 3.52. The molecule has 26 heavy (non-hydrogen) atoms. The molecule has 0 radical (unpaired) electrons. The molecule has 2 aromatic rings. The minimum atomic E-state index is -0.782. The second-order valence-electron chi connectivity index (χ2n) is 6.89. The Hall–Kier alpha value is -2.56. The summed E-state index contributed by atoms with van der Waals surface area (Å²) in [5.74, 6) is -0.306. The van der Waals surface area contributed by atoms with Crippen LogP contribution in [-0.4, -0.2) is 25.4 Å². The van der Waals surface area contributed by atoms with Crippen molar-refractivity contribution in [2.45, 2.75) is 31.4 Å². The van der Waals surface area contributed by atoms with Crippen molar-refractivity contribution in [1.82, 2.24) is 4.90 Å². The van der Waals surface area contributed by atoms with E-state index in [9.17, 15) is 9.18 Å². The van der Waals surface area contributed by atoms with Crippen LogP contribution in [0.1, 0.15) is 36.9 Å².